The van der Waals surface area contributed by atoms with Gasteiger partial charge in [0.15, 0.2) is 5.78 Å². The molecule has 0 aromatic heterocycles. The van der Waals surface area contributed by atoms with Crippen LogP contribution in [-0.2, 0) is 4.79 Å². The third-order valence-electron chi connectivity index (χ3n) is 1.83. The number of ketones is 1. The summed E-state index contributed by atoms with van der Waals surface area (Å²) in [4.78, 5) is 10.4. The summed E-state index contributed by atoms with van der Waals surface area (Å²) >= 11 is 5.91. The number of fused-ring (bicyclic) bond motifs is 1. The molecule has 0 aliphatic heterocycles. The van der Waals surface area contributed by atoms with E-state index in [9.17, 15) is 4.79 Å². The summed E-state index contributed by atoms with van der Waals surface area (Å²) in [6, 6.07) is 0. The van der Waals surface area contributed by atoms with Crippen LogP contribution in [0, 0.1) is 5.92 Å². The van der Waals surface area contributed by atoms with Gasteiger partial charge in [0.1, 0.15) is 0 Å². The van der Waals surface area contributed by atoms with E-state index in [-0.39, 0.29) is 11.7 Å². The summed E-state index contributed by atoms with van der Waals surface area (Å²) in [7, 11) is 0. The molecule has 0 spiro atoms. The van der Waals surface area contributed by atoms with Crippen molar-refractivity contribution in [3.05, 3.63) is 24.3 Å². The summed E-state index contributed by atoms with van der Waals surface area (Å²) < 4.78 is 0. The van der Waals surface area contributed by atoms with Crippen LogP contribution in [0.1, 0.15) is 0 Å². The molecule has 2 aliphatic rings. The zero-order valence-corrected chi connectivity index (χ0v) is 5.43. The zero-order valence-electron chi connectivity index (χ0n) is 4.67. The Labute approximate surface area is 58.0 Å². The van der Waals surface area contributed by atoms with Crippen molar-refractivity contribution in [2.75, 3.05) is 0 Å². The van der Waals surface area contributed by atoms with Crippen LogP contribution >= 0.6 is 11.6 Å². The molecule has 2 aliphatic carbocycles. The van der Waals surface area contributed by atoms with E-state index in [2.05, 4.69) is 0 Å². The number of hydrogen-bond donors (Lipinski definition) is 0. The van der Waals surface area contributed by atoms with Gasteiger partial charge in [0.05, 0.1) is 10.8 Å². The van der Waals surface area contributed by atoms with E-state index in [4.69, 9.17) is 11.6 Å². The van der Waals surface area contributed by atoms with E-state index in [1.807, 2.05) is 12.2 Å². The molecule has 0 heterocycles. The fraction of sp³-hybridized carbons (Fsp3) is 0.286. The Morgan fingerprint density at radius 2 is 2.33 bits per heavy atom. The highest BCUT2D eigenvalue weighted by atomic mass is 35.5. The van der Waals surface area contributed by atoms with Gasteiger partial charge in [0.25, 0.3) is 0 Å². The minimum Gasteiger partial charge on any atom is -0.294 e. The van der Waals surface area contributed by atoms with Gasteiger partial charge in [-0.25, -0.2) is 0 Å². The molecule has 0 saturated heterocycles. The SMILES string of the molecule is O=C1C=CC2(Cl)C=CC12. The van der Waals surface area contributed by atoms with Crippen molar-refractivity contribution in [2.24, 2.45) is 5.92 Å². The molecule has 2 heteroatoms. The Bertz CT molecular complexity index is 229. The van der Waals surface area contributed by atoms with Gasteiger partial charge in [-0.3, -0.25) is 4.79 Å². The average molecular weight is 141 g/mol. The number of allylic oxidation sites excluding steroid dienone is 4. The molecule has 1 nitrogen and oxygen atoms in total. The summed E-state index contributed by atoms with van der Waals surface area (Å²) in [6.07, 6.45) is 7.00. The normalized spacial score (nSPS) is 45.0. The summed E-state index contributed by atoms with van der Waals surface area (Å²) in [5.41, 5.74) is 0. The topological polar surface area (TPSA) is 17.1 Å². The molecular weight excluding hydrogens is 136 g/mol. The Morgan fingerprint density at radius 1 is 1.56 bits per heavy atom. The third kappa shape index (κ3) is 0.479. The standard InChI is InChI=1S/C7H5ClO/c8-7-3-1-5(7)6(9)2-4-7/h1-5H. The molecule has 0 bridgehead atoms. The molecule has 9 heavy (non-hydrogen) atoms. The van der Waals surface area contributed by atoms with E-state index >= 15 is 0 Å². The fourth-order valence-electron chi connectivity index (χ4n) is 1.16. The molecule has 0 saturated carbocycles. The highest BCUT2D eigenvalue weighted by molar-refractivity contribution is 6.32. The van der Waals surface area contributed by atoms with Gasteiger partial charge >= 0.3 is 0 Å². The molecule has 2 rings (SSSR count). The molecular formula is C7H5ClO. The molecule has 0 radical (unpaired) electrons. The van der Waals surface area contributed by atoms with Crippen LogP contribution in [0.25, 0.3) is 0 Å². The van der Waals surface area contributed by atoms with E-state index in [1.54, 1.807) is 12.2 Å². The zero-order chi connectivity index (χ0) is 6.48. The lowest BCUT2D eigenvalue weighted by molar-refractivity contribution is -0.116. The third-order valence-corrected chi connectivity index (χ3v) is 2.32. The summed E-state index contributed by atoms with van der Waals surface area (Å²) in [5.74, 6) is 0.0756. The van der Waals surface area contributed by atoms with Crippen molar-refractivity contribution in [1.29, 1.82) is 0 Å². The summed E-state index contributed by atoms with van der Waals surface area (Å²) in [6.45, 7) is 0. The lowest BCUT2D eigenvalue weighted by Gasteiger charge is -2.28. The van der Waals surface area contributed by atoms with E-state index in [0.29, 0.717) is 0 Å². The molecule has 2 unspecified atom stereocenters. The largest absolute Gasteiger partial charge is 0.294 e. The lowest BCUT2D eigenvalue weighted by Crippen LogP contribution is -2.33. The number of rotatable bonds is 0. The number of carbonyl (C=O) groups excluding carboxylic acids is 1. The van der Waals surface area contributed by atoms with Gasteiger partial charge in [-0.15, -0.1) is 11.6 Å². The molecule has 0 aromatic carbocycles. The minimum absolute atomic E-state index is 0.0563. The highest BCUT2D eigenvalue weighted by Gasteiger charge is 2.44. The van der Waals surface area contributed by atoms with Crippen molar-refractivity contribution >= 4 is 17.4 Å². The van der Waals surface area contributed by atoms with Crippen LogP contribution in [0.5, 0.6) is 0 Å². The van der Waals surface area contributed by atoms with Gasteiger partial charge in [-0.2, -0.15) is 0 Å². The van der Waals surface area contributed by atoms with Crippen molar-refractivity contribution < 1.29 is 4.79 Å². The van der Waals surface area contributed by atoms with Crippen molar-refractivity contribution in [2.45, 2.75) is 4.87 Å². The first-order chi connectivity index (χ1) is 4.22. The van der Waals surface area contributed by atoms with Crippen LogP contribution in [0.4, 0.5) is 0 Å². The van der Waals surface area contributed by atoms with E-state index < -0.39 is 4.87 Å². The quantitative estimate of drug-likeness (QED) is 0.366. The first-order valence-corrected chi connectivity index (χ1v) is 3.21. The molecule has 0 amide bonds. The van der Waals surface area contributed by atoms with Crippen LogP contribution < -0.4 is 0 Å². The molecule has 0 N–H and O–H groups in total. The predicted molar refractivity (Wildman–Crippen MR) is 35.4 cm³/mol. The van der Waals surface area contributed by atoms with E-state index in [1.165, 1.54) is 0 Å². The molecule has 46 valence electrons. The van der Waals surface area contributed by atoms with E-state index in [0.717, 1.165) is 0 Å². The fourth-order valence-corrected chi connectivity index (χ4v) is 1.48. The minimum atomic E-state index is -0.433. The molecule has 2 atom stereocenters. The van der Waals surface area contributed by atoms with Gasteiger partial charge in [-0.05, 0) is 6.08 Å². The Hall–Kier alpha value is -0.560. The first-order valence-electron chi connectivity index (χ1n) is 2.84. The smallest absolute Gasteiger partial charge is 0.164 e. The number of hydrogen-bond acceptors (Lipinski definition) is 1. The number of carbonyl (C=O) groups is 1. The van der Waals surface area contributed by atoms with Crippen molar-refractivity contribution in [3.8, 4) is 0 Å². The molecule has 0 aromatic rings. The van der Waals surface area contributed by atoms with Crippen LogP contribution in [0.2, 0.25) is 0 Å². The van der Waals surface area contributed by atoms with Crippen LogP contribution in [0.3, 0.4) is 0 Å². The Morgan fingerprint density at radius 3 is 2.56 bits per heavy atom. The second-order valence-corrected chi connectivity index (χ2v) is 3.05. The lowest BCUT2D eigenvalue weighted by atomic mass is 9.84. The van der Waals surface area contributed by atoms with Crippen molar-refractivity contribution in [1.82, 2.24) is 0 Å². The van der Waals surface area contributed by atoms with Gasteiger partial charge < -0.3 is 0 Å². The van der Waals surface area contributed by atoms with Gasteiger partial charge in [-0.1, -0.05) is 18.2 Å². The highest BCUT2D eigenvalue weighted by Crippen LogP contribution is 2.42. The molecule has 0 fully saturated rings. The second-order valence-electron chi connectivity index (χ2n) is 2.40. The average Bonchev–Trinajstić information content (AvgIpc) is 1.93. The maximum absolute atomic E-state index is 10.8. The predicted octanol–water partition coefficient (Wildman–Crippen LogP) is 1.29. The van der Waals surface area contributed by atoms with Crippen molar-refractivity contribution in [3.63, 3.8) is 0 Å². The Balaban J connectivity index is 2.46. The number of halogens is 1. The first kappa shape index (κ1) is 5.24. The van der Waals surface area contributed by atoms with Gasteiger partial charge in [0, 0.05) is 0 Å². The Kier molecular flexibility index (Phi) is 0.754. The van der Waals surface area contributed by atoms with Crippen LogP contribution in [-0.4, -0.2) is 10.7 Å². The van der Waals surface area contributed by atoms with Gasteiger partial charge in [0.2, 0.25) is 0 Å². The number of alkyl halides is 1. The maximum atomic E-state index is 10.8. The monoisotopic (exact) mass is 140 g/mol. The second kappa shape index (κ2) is 1.29. The van der Waals surface area contributed by atoms with Crippen LogP contribution in [0.15, 0.2) is 24.3 Å². The maximum Gasteiger partial charge on any atom is 0.164 e. The summed E-state index contributed by atoms with van der Waals surface area (Å²) in [5, 5.41) is 0.